The SMILES string of the molecule is O=[N+]([O-])c1ccc([C@H]2C[C@]2(F)Cl)cc1. The molecule has 0 spiro atoms. The van der Waals surface area contributed by atoms with Gasteiger partial charge in [0.25, 0.3) is 5.69 Å². The molecule has 14 heavy (non-hydrogen) atoms. The first-order valence-corrected chi connectivity index (χ1v) is 4.51. The Balaban J connectivity index is 2.20. The number of hydrogen-bond acceptors (Lipinski definition) is 2. The van der Waals surface area contributed by atoms with Crippen LogP contribution in [0, 0.1) is 10.1 Å². The second kappa shape index (κ2) is 2.92. The molecule has 0 aromatic heterocycles. The molecule has 1 fully saturated rings. The van der Waals surface area contributed by atoms with Gasteiger partial charge in [-0.15, -0.1) is 0 Å². The zero-order valence-corrected chi connectivity index (χ0v) is 7.87. The molecule has 0 radical (unpaired) electrons. The molecule has 1 aliphatic carbocycles. The number of rotatable bonds is 2. The zero-order chi connectivity index (χ0) is 10.3. The molecule has 0 heterocycles. The third kappa shape index (κ3) is 1.57. The summed E-state index contributed by atoms with van der Waals surface area (Å²) in [5.41, 5.74) is 0.724. The minimum atomic E-state index is -1.64. The summed E-state index contributed by atoms with van der Waals surface area (Å²) in [4.78, 5) is 9.84. The van der Waals surface area contributed by atoms with E-state index in [0.717, 1.165) is 0 Å². The van der Waals surface area contributed by atoms with Crippen molar-refractivity contribution in [2.24, 2.45) is 0 Å². The summed E-state index contributed by atoms with van der Waals surface area (Å²) in [6.07, 6.45) is 0.284. The molecule has 0 amide bonds. The van der Waals surface area contributed by atoms with Crippen molar-refractivity contribution in [3.63, 3.8) is 0 Å². The molecular weight excluding hydrogens is 209 g/mol. The van der Waals surface area contributed by atoms with Gasteiger partial charge in [-0.3, -0.25) is 10.1 Å². The third-order valence-electron chi connectivity index (χ3n) is 2.33. The van der Waals surface area contributed by atoms with Crippen LogP contribution in [0.5, 0.6) is 0 Å². The fourth-order valence-electron chi connectivity index (χ4n) is 1.40. The van der Waals surface area contributed by atoms with Gasteiger partial charge in [-0.2, -0.15) is 0 Å². The average molecular weight is 216 g/mol. The Bertz CT molecular complexity index is 377. The molecule has 1 aliphatic rings. The van der Waals surface area contributed by atoms with Crippen LogP contribution >= 0.6 is 11.6 Å². The van der Waals surface area contributed by atoms with Gasteiger partial charge in [0, 0.05) is 24.5 Å². The van der Waals surface area contributed by atoms with E-state index < -0.39 is 10.1 Å². The molecule has 74 valence electrons. The molecule has 2 rings (SSSR count). The van der Waals surface area contributed by atoms with Crippen molar-refractivity contribution in [2.45, 2.75) is 17.5 Å². The van der Waals surface area contributed by atoms with Gasteiger partial charge in [-0.25, -0.2) is 4.39 Å². The van der Waals surface area contributed by atoms with E-state index in [0.29, 0.717) is 5.56 Å². The number of hydrogen-bond donors (Lipinski definition) is 0. The van der Waals surface area contributed by atoms with Gasteiger partial charge in [-0.1, -0.05) is 23.7 Å². The van der Waals surface area contributed by atoms with Gasteiger partial charge in [0.05, 0.1) is 4.92 Å². The first-order valence-electron chi connectivity index (χ1n) is 4.13. The second-order valence-corrected chi connectivity index (χ2v) is 3.99. The lowest BCUT2D eigenvalue weighted by atomic mass is 10.1. The molecule has 3 nitrogen and oxygen atoms in total. The van der Waals surface area contributed by atoms with Gasteiger partial charge >= 0.3 is 0 Å². The number of nitrogens with zero attached hydrogens (tertiary/aromatic N) is 1. The topological polar surface area (TPSA) is 43.1 Å². The van der Waals surface area contributed by atoms with Crippen LogP contribution in [0.3, 0.4) is 0 Å². The van der Waals surface area contributed by atoms with Crippen LogP contribution in [0.1, 0.15) is 17.9 Å². The lowest BCUT2D eigenvalue weighted by Gasteiger charge is -1.98. The van der Waals surface area contributed by atoms with Crippen molar-refractivity contribution in [3.8, 4) is 0 Å². The molecule has 0 unspecified atom stereocenters. The smallest absolute Gasteiger partial charge is 0.258 e. The summed E-state index contributed by atoms with van der Waals surface area (Å²) in [6, 6.07) is 5.82. The summed E-state index contributed by atoms with van der Waals surface area (Å²) in [5.74, 6) is -0.315. The van der Waals surface area contributed by atoms with Gasteiger partial charge in [0.2, 0.25) is 0 Å². The van der Waals surface area contributed by atoms with Crippen molar-refractivity contribution in [1.29, 1.82) is 0 Å². The van der Waals surface area contributed by atoms with E-state index in [1.807, 2.05) is 0 Å². The summed E-state index contributed by atoms with van der Waals surface area (Å²) < 4.78 is 13.0. The van der Waals surface area contributed by atoms with E-state index in [1.165, 1.54) is 12.1 Å². The van der Waals surface area contributed by atoms with Crippen LogP contribution in [0.15, 0.2) is 24.3 Å². The lowest BCUT2D eigenvalue weighted by molar-refractivity contribution is -0.384. The Morgan fingerprint density at radius 2 is 2.00 bits per heavy atom. The maximum absolute atomic E-state index is 13.0. The lowest BCUT2D eigenvalue weighted by Crippen LogP contribution is -1.92. The quantitative estimate of drug-likeness (QED) is 0.432. The second-order valence-electron chi connectivity index (χ2n) is 3.37. The molecule has 0 N–H and O–H groups in total. The van der Waals surface area contributed by atoms with Crippen molar-refractivity contribution in [3.05, 3.63) is 39.9 Å². The predicted octanol–water partition coefficient (Wildman–Crippen LogP) is 2.99. The van der Waals surface area contributed by atoms with Crippen LogP contribution in [0.4, 0.5) is 10.1 Å². The van der Waals surface area contributed by atoms with Crippen LogP contribution in [-0.2, 0) is 0 Å². The first-order chi connectivity index (χ1) is 6.50. The Kier molecular flexibility index (Phi) is 1.96. The third-order valence-corrected chi connectivity index (χ3v) is 2.75. The van der Waals surface area contributed by atoms with Crippen molar-refractivity contribution < 1.29 is 9.31 Å². The van der Waals surface area contributed by atoms with Crippen LogP contribution in [-0.4, -0.2) is 10.1 Å². The molecule has 1 aromatic rings. The highest BCUT2D eigenvalue weighted by molar-refractivity contribution is 6.25. The Labute approximate surface area is 84.6 Å². The van der Waals surface area contributed by atoms with Gasteiger partial charge in [-0.05, 0) is 5.56 Å². The Morgan fingerprint density at radius 3 is 2.36 bits per heavy atom. The van der Waals surface area contributed by atoms with Crippen LogP contribution in [0.2, 0.25) is 0 Å². The summed E-state index contributed by atoms with van der Waals surface area (Å²) in [6.45, 7) is 0. The Morgan fingerprint density at radius 1 is 1.50 bits per heavy atom. The molecule has 0 aliphatic heterocycles. The molecule has 0 bridgehead atoms. The van der Waals surface area contributed by atoms with E-state index in [2.05, 4.69) is 0 Å². The molecule has 2 atom stereocenters. The number of alkyl halides is 2. The summed E-state index contributed by atoms with van der Waals surface area (Å²) in [5, 5.41) is 8.69. The fourth-order valence-corrected chi connectivity index (χ4v) is 1.68. The van der Waals surface area contributed by atoms with E-state index in [1.54, 1.807) is 12.1 Å². The van der Waals surface area contributed by atoms with E-state index in [9.17, 15) is 14.5 Å². The molecule has 1 saturated carbocycles. The summed E-state index contributed by atoms with van der Waals surface area (Å²) >= 11 is 5.44. The maximum atomic E-state index is 13.0. The predicted molar refractivity (Wildman–Crippen MR) is 50.1 cm³/mol. The first kappa shape index (κ1) is 9.40. The largest absolute Gasteiger partial charge is 0.269 e. The Hall–Kier alpha value is -1.16. The molecule has 0 saturated heterocycles. The standard InChI is InChI=1S/C9H7ClFNO2/c10-9(11)5-8(9)6-1-3-7(4-2-6)12(13)14/h1-4,8H,5H2/t8-,9-/m1/s1. The number of nitro groups is 1. The highest BCUT2D eigenvalue weighted by Crippen LogP contribution is 2.57. The summed E-state index contributed by atoms with van der Waals surface area (Å²) in [7, 11) is 0. The number of nitro benzene ring substituents is 1. The number of non-ortho nitro benzene ring substituents is 1. The highest BCUT2D eigenvalue weighted by atomic mass is 35.5. The van der Waals surface area contributed by atoms with Gasteiger partial charge in [0.1, 0.15) is 0 Å². The minimum absolute atomic E-state index is 0.00781. The van der Waals surface area contributed by atoms with Crippen molar-refractivity contribution in [2.75, 3.05) is 0 Å². The van der Waals surface area contributed by atoms with E-state index in [-0.39, 0.29) is 18.0 Å². The van der Waals surface area contributed by atoms with Gasteiger partial charge < -0.3 is 0 Å². The highest BCUT2D eigenvalue weighted by Gasteiger charge is 2.54. The molecule has 5 heteroatoms. The van der Waals surface area contributed by atoms with Crippen LogP contribution < -0.4 is 0 Å². The average Bonchev–Trinajstić information content (AvgIpc) is 2.75. The number of benzene rings is 1. The molecule has 1 aromatic carbocycles. The van der Waals surface area contributed by atoms with E-state index in [4.69, 9.17) is 11.6 Å². The maximum Gasteiger partial charge on any atom is 0.269 e. The van der Waals surface area contributed by atoms with Crippen LogP contribution in [0.25, 0.3) is 0 Å². The monoisotopic (exact) mass is 215 g/mol. The van der Waals surface area contributed by atoms with E-state index >= 15 is 0 Å². The zero-order valence-electron chi connectivity index (χ0n) is 7.11. The fraction of sp³-hybridized carbons (Fsp3) is 0.333. The van der Waals surface area contributed by atoms with Crippen molar-refractivity contribution >= 4 is 17.3 Å². The molecular formula is C9H7ClFNO2. The number of halogens is 2. The van der Waals surface area contributed by atoms with Gasteiger partial charge in [0.15, 0.2) is 5.13 Å². The normalized spacial score (nSPS) is 30.0. The minimum Gasteiger partial charge on any atom is -0.258 e. The van der Waals surface area contributed by atoms with Crippen molar-refractivity contribution in [1.82, 2.24) is 0 Å².